The van der Waals surface area contributed by atoms with E-state index in [0.717, 1.165) is 23.2 Å². The van der Waals surface area contributed by atoms with Crippen LogP contribution in [0.5, 0.6) is 0 Å². The highest BCUT2D eigenvalue weighted by Crippen LogP contribution is 2.50. The van der Waals surface area contributed by atoms with Crippen molar-refractivity contribution in [1.82, 2.24) is 4.98 Å². The molecule has 2 aliphatic carbocycles. The van der Waals surface area contributed by atoms with Crippen LogP contribution in [0.25, 0.3) is 10.9 Å². The van der Waals surface area contributed by atoms with Gasteiger partial charge in [0.1, 0.15) is 0 Å². The predicted molar refractivity (Wildman–Crippen MR) is 98.9 cm³/mol. The minimum atomic E-state index is -0.383. The Labute approximate surface area is 144 Å². The van der Waals surface area contributed by atoms with Crippen molar-refractivity contribution in [1.29, 1.82) is 0 Å². The fourth-order valence-electron chi connectivity index (χ4n) is 4.97. The average molecular weight is 324 g/mol. The summed E-state index contributed by atoms with van der Waals surface area (Å²) in [5, 5.41) is 0.867. The van der Waals surface area contributed by atoms with E-state index in [0.29, 0.717) is 11.0 Å². The number of pyridine rings is 1. The number of nitrogens with two attached hydrogens (primary N) is 1. The number of hydrogen-bond acceptors (Lipinski definition) is 2. The molecule has 0 aliphatic heterocycles. The smallest absolute Gasteiger partial charge is 0.249 e. The lowest BCUT2D eigenvalue weighted by atomic mass is 9.60. The molecule has 2 fully saturated rings. The number of carbonyl (C=O) groups is 1. The summed E-state index contributed by atoms with van der Waals surface area (Å²) in [6, 6.07) is 9.75. The molecule has 0 unspecified atom stereocenters. The molecular weight excluding hydrogens is 296 g/mol. The van der Waals surface area contributed by atoms with Crippen LogP contribution in [0.15, 0.2) is 30.3 Å². The van der Waals surface area contributed by atoms with Crippen molar-refractivity contribution in [2.24, 2.45) is 17.1 Å². The fourth-order valence-corrected chi connectivity index (χ4v) is 4.97. The van der Waals surface area contributed by atoms with E-state index in [1.807, 2.05) is 18.2 Å². The van der Waals surface area contributed by atoms with Crippen molar-refractivity contribution in [3.63, 3.8) is 0 Å². The van der Waals surface area contributed by atoms with Crippen molar-refractivity contribution in [3.8, 4) is 0 Å². The second kappa shape index (κ2) is 6.54. The van der Waals surface area contributed by atoms with Gasteiger partial charge in [0.15, 0.2) is 0 Å². The van der Waals surface area contributed by atoms with Crippen LogP contribution < -0.4 is 5.73 Å². The number of aromatic nitrogens is 1. The molecular formula is C21H28N2O. The maximum absolute atomic E-state index is 11.6. The molecule has 2 saturated carbocycles. The molecule has 1 aromatic heterocycles. The summed E-state index contributed by atoms with van der Waals surface area (Å²) < 4.78 is 0. The Hall–Kier alpha value is -1.90. The molecule has 3 heteroatoms. The van der Waals surface area contributed by atoms with E-state index >= 15 is 0 Å². The van der Waals surface area contributed by atoms with Crippen LogP contribution in [0.4, 0.5) is 0 Å². The van der Waals surface area contributed by atoms with Crippen LogP contribution in [-0.4, -0.2) is 10.9 Å². The first-order valence-corrected chi connectivity index (χ1v) is 8.84. The Morgan fingerprint density at radius 1 is 1.17 bits per heavy atom. The molecule has 0 spiro atoms. The highest BCUT2D eigenvalue weighted by molar-refractivity contribution is 6.05. The number of carbonyl (C=O) groups excluding carboxylic acids is 1. The molecule has 4 rings (SSSR count). The molecule has 2 N–H and O–H groups in total. The van der Waals surface area contributed by atoms with Crippen LogP contribution in [0.3, 0.4) is 0 Å². The van der Waals surface area contributed by atoms with Gasteiger partial charge in [0, 0.05) is 16.6 Å². The molecule has 1 aromatic carbocycles. The van der Waals surface area contributed by atoms with Crippen LogP contribution in [0.1, 0.15) is 68.4 Å². The summed E-state index contributed by atoms with van der Waals surface area (Å²) in [6.07, 6.45) is 10.8. The molecule has 128 valence electrons. The molecule has 2 aliphatic rings. The number of nitrogens with zero attached hydrogens (tertiary/aromatic N) is 1. The number of primary amides is 1. The normalized spacial score (nSPS) is 25.9. The maximum Gasteiger partial charge on any atom is 0.249 e. The summed E-state index contributed by atoms with van der Waals surface area (Å²) in [5.74, 6) is 0.561. The Morgan fingerprint density at radius 2 is 1.92 bits per heavy atom. The van der Waals surface area contributed by atoms with Crippen LogP contribution in [0.2, 0.25) is 0 Å². The lowest BCUT2D eigenvalue weighted by Gasteiger charge is -2.45. The van der Waals surface area contributed by atoms with Crippen molar-refractivity contribution < 1.29 is 4.79 Å². The van der Waals surface area contributed by atoms with Crippen LogP contribution in [-0.2, 0) is 6.42 Å². The zero-order valence-corrected chi connectivity index (χ0v) is 13.6. The first-order chi connectivity index (χ1) is 11.2. The molecule has 0 atom stereocenters. The molecule has 1 amide bonds. The van der Waals surface area contributed by atoms with E-state index in [4.69, 9.17) is 10.7 Å². The third-order valence-electron chi connectivity index (χ3n) is 5.97. The second-order valence-electron chi connectivity index (χ2n) is 7.57. The van der Waals surface area contributed by atoms with Gasteiger partial charge in [-0.2, -0.15) is 0 Å². The SMILES string of the molecule is C.NC(=O)c1cccc2nc(CC34CCCC(CCC3)C4)ccc12. The Bertz CT molecular complexity index is 743. The highest BCUT2D eigenvalue weighted by atomic mass is 16.1. The zero-order valence-electron chi connectivity index (χ0n) is 13.6. The van der Waals surface area contributed by atoms with E-state index in [-0.39, 0.29) is 13.3 Å². The first-order valence-electron chi connectivity index (χ1n) is 8.84. The quantitative estimate of drug-likeness (QED) is 0.875. The molecule has 0 saturated heterocycles. The lowest BCUT2D eigenvalue weighted by Crippen LogP contribution is -2.34. The van der Waals surface area contributed by atoms with Gasteiger partial charge in [0.2, 0.25) is 5.91 Å². The van der Waals surface area contributed by atoms with E-state index in [2.05, 4.69) is 6.07 Å². The Balaban J connectivity index is 0.00000169. The van der Waals surface area contributed by atoms with Gasteiger partial charge in [-0.1, -0.05) is 45.2 Å². The number of hydrogen-bond donors (Lipinski definition) is 1. The van der Waals surface area contributed by atoms with E-state index in [1.54, 1.807) is 6.07 Å². The van der Waals surface area contributed by atoms with E-state index < -0.39 is 0 Å². The van der Waals surface area contributed by atoms with Crippen molar-refractivity contribution in [2.45, 2.75) is 58.8 Å². The van der Waals surface area contributed by atoms with E-state index in [9.17, 15) is 4.79 Å². The van der Waals surface area contributed by atoms with Gasteiger partial charge in [-0.25, -0.2) is 0 Å². The van der Waals surface area contributed by atoms with Crippen molar-refractivity contribution in [2.75, 3.05) is 0 Å². The average Bonchev–Trinajstić information content (AvgIpc) is 2.54. The third kappa shape index (κ3) is 3.04. The minimum Gasteiger partial charge on any atom is -0.366 e. The number of benzene rings is 1. The lowest BCUT2D eigenvalue weighted by molar-refractivity contribution is 0.0766. The summed E-state index contributed by atoms with van der Waals surface area (Å²) in [5.41, 5.74) is 8.56. The minimum absolute atomic E-state index is 0. The Morgan fingerprint density at radius 3 is 2.62 bits per heavy atom. The molecule has 3 nitrogen and oxygen atoms in total. The van der Waals surface area contributed by atoms with Gasteiger partial charge in [-0.15, -0.1) is 0 Å². The molecule has 0 radical (unpaired) electrons. The fraction of sp³-hybridized carbons (Fsp3) is 0.524. The third-order valence-corrected chi connectivity index (χ3v) is 5.97. The largest absolute Gasteiger partial charge is 0.366 e. The van der Waals surface area contributed by atoms with Gasteiger partial charge in [0.25, 0.3) is 0 Å². The highest BCUT2D eigenvalue weighted by Gasteiger charge is 2.39. The zero-order chi connectivity index (χ0) is 15.9. The second-order valence-corrected chi connectivity index (χ2v) is 7.57. The Kier molecular flexibility index (Phi) is 4.62. The van der Waals surface area contributed by atoms with Crippen LogP contribution >= 0.6 is 0 Å². The number of fused-ring (bicyclic) bond motifs is 3. The molecule has 1 heterocycles. The van der Waals surface area contributed by atoms with Gasteiger partial charge < -0.3 is 5.73 Å². The number of amides is 1. The summed E-state index contributed by atoms with van der Waals surface area (Å²) >= 11 is 0. The monoisotopic (exact) mass is 324 g/mol. The van der Waals surface area contributed by atoms with Gasteiger partial charge in [-0.05, 0) is 55.2 Å². The predicted octanol–water partition coefficient (Wildman–Crippen LogP) is 4.87. The summed E-state index contributed by atoms with van der Waals surface area (Å²) in [4.78, 5) is 16.4. The summed E-state index contributed by atoms with van der Waals surface area (Å²) in [6.45, 7) is 0. The standard InChI is InChI=1S/C20H24N2O.CH4/c21-19(23)17-6-1-7-18-16(17)9-8-15(22-18)13-20-10-2-4-14(12-20)5-3-11-20;/h1,6-9,14H,2-5,10-13H2,(H2,21,23);1H4. The van der Waals surface area contributed by atoms with Gasteiger partial charge in [-0.3, -0.25) is 9.78 Å². The molecule has 24 heavy (non-hydrogen) atoms. The number of rotatable bonds is 3. The van der Waals surface area contributed by atoms with Gasteiger partial charge in [0.05, 0.1) is 5.52 Å². The molecule has 2 bridgehead atoms. The van der Waals surface area contributed by atoms with Crippen LogP contribution in [0, 0.1) is 11.3 Å². The molecule has 2 aromatic rings. The van der Waals surface area contributed by atoms with Gasteiger partial charge >= 0.3 is 0 Å². The maximum atomic E-state index is 11.6. The summed E-state index contributed by atoms with van der Waals surface area (Å²) in [7, 11) is 0. The topological polar surface area (TPSA) is 56.0 Å². The van der Waals surface area contributed by atoms with E-state index in [1.165, 1.54) is 50.6 Å². The van der Waals surface area contributed by atoms with Crippen molar-refractivity contribution in [3.05, 3.63) is 41.6 Å². The first kappa shape index (κ1) is 16.9. The van der Waals surface area contributed by atoms with Crippen molar-refractivity contribution >= 4 is 16.8 Å².